The number of rotatable bonds is 5. The minimum atomic E-state index is -3.41. The first-order chi connectivity index (χ1) is 18.1. The minimum absolute atomic E-state index is 0.196. The van der Waals surface area contributed by atoms with Crippen molar-refractivity contribution in [3.05, 3.63) is 71.9 Å². The van der Waals surface area contributed by atoms with E-state index in [4.69, 9.17) is 27.5 Å². The van der Waals surface area contributed by atoms with E-state index in [9.17, 15) is 8.42 Å². The number of fused-ring (bicyclic) bond motifs is 2. The fourth-order valence-corrected chi connectivity index (χ4v) is 5.42. The molecule has 0 aliphatic rings. The predicted octanol–water partition coefficient (Wildman–Crippen LogP) is 3.81. The predicted molar refractivity (Wildman–Crippen MR) is 145 cm³/mol. The molecule has 2 N–H and O–H groups in total. The molecular formula is C25H22ClN9O2S. The van der Waals surface area contributed by atoms with Gasteiger partial charge in [-0.1, -0.05) is 17.7 Å². The van der Waals surface area contributed by atoms with E-state index < -0.39 is 9.84 Å². The van der Waals surface area contributed by atoms with Gasteiger partial charge in [-0.2, -0.15) is 15.3 Å². The van der Waals surface area contributed by atoms with E-state index in [-0.39, 0.29) is 10.9 Å². The Balaban J connectivity index is 1.57. The van der Waals surface area contributed by atoms with Crippen LogP contribution in [0.4, 0.5) is 5.82 Å². The van der Waals surface area contributed by atoms with Crippen LogP contribution in [0.5, 0.6) is 0 Å². The first kappa shape index (κ1) is 24.1. The first-order valence-corrected chi connectivity index (χ1v) is 13.8. The number of nitrogen functional groups attached to an aromatic ring is 1. The van der Waals surface area contributed by atoms with Gasteiger partial charge >= 0.3 is 0 Å². The molecule has 0 saturated heterocycles. The zero-order chi connectivity index (χ0) is 26.8. The molecule has 38 heavy (non-hydrogen) atoms. The zero-order valence-corrected chi connectivity index (χ0v) is 22.2. The summed E-state index contributed by atoms with van der Waals surface area (Å²) < 4.78 is 29.6. The maximum Gasteiger partial charge on any atom is 0.175 e. The number of nitrogens with zero attached hydrogens (tertiary/aromatic N) is 8. The molecule has 0 radical (unpaired) electrons. The third-order valence-corrected chi connectivity index (χ3v) is 7.77. The lowest BCUT2D eigenvalue weighted by molar-refractivity contribution is 0.564. The van der Waals surface area contributed by atoms with Crippen LogP contribution in [0.15, 0.2) is 66.1 Å². The van der Waals surface area contributed by atoms with E-state index in [1.54, 1.807) is 56.6 Å². The Kier molecular flexibility index (Phi) is 5.47. The Morgan fingerprint density at radius 2 is 1.89 bits per heavy atom. The average molecular weight is 548 g/mol. The van der Waals surface area contributed by atoms with Crippen LogP contribution in [0.2, 0.25) is 5.02 Å². The molecule has 0 amide bonds. The van der Waals surface area contributed by atoms with Crippen LogP contribution in [0.25, 0.3) is 38.9 Å². The van der Waals surface area contributed by atoms with Gasteiger partial charge in [0.15, 0.2) is 15.5 Å². The number of aryl methyl sites for hydroxylation is 1. The Labute approximate surface area is 222 Å². The largest absolute Gasteiger partial charge is 0.383 e. The maximum absolute atomic E-state index is 12.2. The summed E-state index contributed by atoms with van der Waals surface area (Å²) in [6.45, 7) is 1.96. The van der Waals surface area contributed by atoms with E-state index >= 15 is 0 Å². The molecule has 11 nitrogen and oxygen atoms in total. The van der Waals surface area contributed by atoms with Crippen LogP contribution in [0, 0.1) is 0 Å². The fourth-order valence-electron chi connectivity index (χ4n) is 4.59. The van der Waals surface area contributed by atoms with E-state index in [2.05, 4.69) is 15.1 Å². The van der Waals surface area contributed by atoms with Crippen molar-refractivity contribution >= 4 is 49.2 Å². The summed E-state index contributed by atoms with van der Waals surface area (Å²) in [6, 6.07) is 11.7. The maximum atomic E-state index is 12.2. The van der Waals surface area contributed by atoms with Crippen LogP contribution < -0.4 is 5.73 Å². The second kappa shape index (κ2) is 8.64. The van der Waals surface area contributed by atoms with Crippen LogP contribution in [-0.4, -0.2) is 54.0 Å². The van der Waals surface area contributed by atoms with Crippen molar-refractivity contribution in [2.45, 2.75) is 17.9 Å². The highest BCUT2D eigenvalue weighted by Gasteiger charge is 2.25. The van der Waals surface area contributed by atoms with Gasteiger partial charge in [0.1, 0.15) is 17.8 Å². The monoisotopic (exact) mass is 547 g/mol. The zero-order valence-electron chi connectivity index (χ0n) is 20.6. The molecule has 0 fully saturated rings. The number of benzene rings is 2. The van der Waals surface area contributed by atoms with Crippen molar-refractivity contribution in [1.82, 2.24) is 39.3 Å². The summed E-state index contributed by atoms with van der Waals surface area (Å²) in [7, 11) is -1.58. The van der Waals surface area contributed by atoms with Gasteiger partial charge in [0.25, 0.3) is 0 Å². The van der Waals surface area contributed by atoms with E-state index in [1.807, 2.05) is 26.2 Å². The lowest BCUT2D eigenvalue weighted by Crippen LogP contribution is -2.11. The Bertz CT molecular complexity index is 1970. The van der Waals surface area contributed by atoms with Crippen LogP contribution in [-0.2, 0) is 16.9 Å². The van der Waals surface area contributed by atoms with Crippen molar-refractivity contribution in [3.63, 3.8) is 0 Å². The van der Waals surface area contributed by atoms with E-state index in [0.29, 0.717) is 38.9 Å². The van der Waals surface area contributed by atoms with E-state index in [1.165, 1.54) is 12.6 Å². The lowest BCUT2D eigenvalue weighted by atomic mass is 10.1. The molecule has 0 spiro atoms. The molecular weight excluding hydrogens is 526 g/mol. The highest BCUT2D eigenvalue weighted by atomic mass is 35.5. The van der Waals surface area contributed by atoms with Crippen molar-refractivity contribution in [3.8, 4) is 16.9 Å². The highest BCUT2D eigenvalue weighted by Crippen LogP contribution is 2.35. The summed E-state index contributed by atoms with van der Waals surface area (Å²) in [4.78, 5) is 8.87. The Hall–Kier alpha value is -4.29. The quantitative estimate of drug-likeness (QED) is 0.343. The van der Waals surface area contributed by atoms with Gasteiger partial charge in [-0.05, 0) is 43.3 Å². The third kappa shape index (κ3) is 3.89. The van der Waals surface area contributed by atoms with Crippen molar-refractivity contribution in [2.24, 2.45) is 7.05 Å². The second-order valence-electron chi connectivity index (χ2n) is 9.06. The molecule has 13 heteroatoms. The lowest BCUT2D eigenvalue weighted by Gasteiger charge is -2.11. The highest BCUT2D eigenvalue weighted by molar-refractivity contribution is 7.90. The topological polar surface area (TPSA) is 139 Å². The minimum Gasteiger partial charge on any atom is -0.383 e. The van der Waals surface area contributed by atoms with Crippen molar-refractivity contribution in [2.75, 3.05) is 12.0 Å². The Morgan fingerprint density at radius 3 is 2.63 bits per heavy atom. The third-order valence-electron chi connectivity index (χ3n) is 6.42. The van der Waals surface area contributed by atoms with Crippen molar-refractivity contribution in [1.29, 1.82) is 0 Å². The summed E-state index contributed by atoms with van der Waals surface area (Å²) in [5.74, 6) is 0.312. The number of sulfone groups is 1. The van der Waals surface area contributed by atoms with Gasteiger partial charge in [0, 0.05) is 35.5 Å². The Morgan fingerprint density at radius 1 is 1.08 bits per heavy atom. The molecule has 1 atom stereocenters. The standard InChI is InChI=1S/C25H22ClN9O2S/c1-14(34-25-21(24(27)28-13-29-25)23(32-34)15-11-30-33(2)12-15)22-19-8-7-16(26)9-20(19)35(31-22)17-5-4-6-18(10-17)38(3,36)37/h4-14H,1-3H3,(H2,27,28,29). The molecule has 4 aromatic heterocycles. The van der Waals surface area contributed by atoms with Crippen LogP contribution in [0.3, 0.4) is 0 Å². The molecule has 0 aliphatic carbocycles. The van der Waals surface area contributed by atoms with Crippen LogP contribution >= 0.6 is 11.6 Å². The molecule has 0 saturated carbocycles. The van der Waals surface area contributed by atoms with Gasteiger partial charge in [0.05, 0.1) is 39.4 Å². The SMILES string of the molecule is CC(c1nn(-c2cccc(S(C)(=O)=O)c2)c2cc(Cl)ccc12)n1nc(-c2cnn(C)c2)c2c(N)ncnc21. The first-order valence-electron chi connectivity index (χ1n) is 11.6. The van der Waals surface area contributed by atoms with Gasteiger partial charge in [-0.3, -0.25) is 4.68 Å². The second-order valence-corrected chi connectivity index (χ2v) is 11.5. The molecule has 2 aromatic carbocycles. The van der Waals surface area contributed by atoms with Crippen molar-refractivity contribution < 1.29 is 8.42 Å². The summed E-state index contributed by atoms with van der Waals surface area (Å²) in [5, 5.41) is 16.1. The molecule has 0 bridgehead atoms. The molecule has 1 unspecified atom stereocenters. The number of anilines is 1. The van der Waals surface area contributed by atoms with Crippen LogP contribution in [0.1, 0.15) is 18.7 Å². The number of aromatic nitrogens is 8. The normalized spacial score (nSPS) is 12.9. The van der Waals surface area contributed by atoms with Gasteiger partial charge < -0.3 is 5.73 Å². The number of hydrogen-bond donors (Lipinski definition) is 1. The van der Waals surface area contributed by atoms with Gasteiger partial charge in [-0.15, -0.1) is 0 Å². The van der Waals surface area contributed by atoms with Gasteiger partial charge in [0.2, 0.25) is 0 Å². The number of hydrogen-bond acceptors (Lipinski definition) is 8. The summed E-state index contributed by atoms with van der Waals surface area (Å²) >= 11 is 6.36. The molecule has 192 valence electrons. The van der Waals surface area contributed by atoms with Gasteiger partial charge in [-0.25, -0.2) is 27.7 Å². The fraction of sp³-hybridized carbons (Fsp3) is 0.160. The number of nitrogens with two attached hydrogens (primary N) is 1. The molecule has 4 heterocycles. The van der Waals surface area contributed by atoms with E-state index in [0.717, 1.165) is 16.5 Å². The number of halogens is 1. The molecule has 6 rings (SSSR count). The average Bonchev–Trinajstić information content (AvgIpc) is 3.58. The smallest absolute Gasteiger partial charge is 0.175 e. The molecule has 6 aromatic rings. The summed E-state index contributed by atoms with van der Waals surface area (Å²) in [6.07, 6.45) is 6.14. The molecule has 0 aliphatic heterocycles. The summed E-state index contributed by atoms with van der Waals surface area (Å²) in [5.41, 5.74) is 10.2.